The third kappa shape index (κ3) is 2.91. The van der Waals surface area contributed by atoms with Crippen LogP contribution in [0.3, 0.4) is 0 Å². The van der Waals surface area contributed by atoms with E-state index in [9.17, 15) is 0 Å². The molecule has 112 valence electrons. The first-order valence-electron chi connectivity index (χ1n) is 6.86. The van der Waals surface area contributed by atoms with E-state index in [0.29, 0.717) is 18.2 Å². The van der Waals surface area contributed by atoms with E-state index in [1.807, 2.05) is 16.7 Å². The molecule has 0 spiro atoms. The van der Waals surface area contributed by atoms with Crippen LogP contribution in [-0.2, 0) is 12.0 Å². The van der Waals surface area contributed by atoms with Crippen molar-refractivity contribution in [3.05, 3.63) is 36.8 Å². The first-order chi connectivity index (χ1) is 9.88. The number of hydrogen-bond acceptors (Lipinski definition) is 4. The van der Waals surface area contributed by atoms with Crippen LogP contribution in [0.25, 0.3) is 11.3 Å². The van der Waals surface area contributed by atoms with E-state index >= 15 is 0 Å². The topological polar surface area (TPSA) is 66.0 Å². The molecule has 0 radical (unpaired) electrons. The Labute approximate surface area is 125 Å². The number of aromatic nitrogens is 3. The first-order valence-corrected chi connectivity index (χ1v) is 6.86. The second-order valence-electron chi connectivity index (χ2n) is 5.91. The predicted molar refractivity (Wildman–Crippen MR) is 85.3 cm³/mol. The molecule has 5 heteroatoms. The van der Waals surface area contributed by atoms with E-state index < -0.39 is 0 Å². The van der Waals surface area contributed by atoms with Gasteiger partial charge in [-0.15, -0.1) is 6.58 Å². The number of hydrogen-bond donors (Lipinski definition) is 1. The average molecular weight is 286 g/mol. The summed E-state index contributed by atoms with van der Waals surface area (Å²) in [4.78, 5) is 8.95. The van der Waals surface area contributed by atoms with E-state index in [0.717, 1.165) is 17.1 Å². The van der Waals surface area contributed by atoms with Gasteiger partial charge in [-0.1, -0.05) is 26.8 Å². The minimum Gasteiger partial charge on any atom is -0.481 e. The molecule has 0 amide bonds. The molecule has 0 saturated carbocycles. The lowest BCUT2D eigenvalue weighted by Gasteiger charge is -2.19. The molecule has 0 aliphatic carbocycles. The number of nitrogens with zero attached hydrogens (tertiary/aromatic N) is 3. The summed E-state index contributed by atoms with van der Waals surface area (Å²) < 4.78 is 7.07. The van der Waals surface area contributed by atoms with Gasteiger partial charge in [0.25, 0.3) is 0 Å². The van der Waals surface area contributed by atoms with E-state index in [4.69, 9.17) is 15.5 Å². The van der Waals surface area contributed by atoms with E-state index in [2.05, 4.69) is 32.3 Å². The zero-order valence-electron chi connectivity index (χ0n) is 13.1. The van der Waals surface area contributed by atoms with Crippen molar-refractivity contribution in [3.63, 3.8) is 0 Å². The molecule has 0 aliphatic rings. The molecule has 2 heterocycles. The number of methoxy groups -OCH3 is 1. The van der Waals surface area contributed by atoms with Gasteiger partial charge in [-0.05, 0) is 6.07 Å². The number of nitrogen functional groups attached to an aromatic ring is 1. The molecule has 0 atom stereocenters. The van der Waals surface area contributed by atoms with Gasteiger partial charge in [-0.2, -0.15) is 0 Å². The van der Waals surface area contributed by atoms with Gasteiger partial charge >= 0.3 is 0 Å². The lowest BCUT2D eigenvalue weighted by Crippen LogP contribution is -2.19. The minimum atomic E-state index is -0.102. The summed E-state index contributed by atoms with van der Waals surface area (Å²) in [6.07, 6.45) is 3.55. The molecular formula is C16H22N4O. The Bertz CT molecular complexity index is 636. The SMILES string of the molecule is C=CCn1c(C(C)(C)C)nc(-c2ccc(OC)nc2)c1N. The highest BCUT2D eigenvalue weighted by Crippen LogP contribution is 2.32. The summed E-state index contributed by atoms with van der Waals surface area (Å²) in [6, 6.07) is 3.72. The lowest BCUT2D eigenvalue weighted by atomic mass is 9.95. The number of nitrogens with two attached hydrogens (primary N) is 1. The van der Waals surface area contributed by atoms with Gasteiger partial charge in [-0.25, -0.2) is 9.97 Å². The van der Waals surface area contributed by atoms with Crippen LogP contribution in [0.4, 0.5) is 5.82 Å². The van der Waals surface area contributed by atoms with Crippen LogP contribution in [0.2, 0.25) is 0 Å². The summed E-state index contributed by atoms with van der Waals surface area (Å²) in [5.41, 5.74) is 7.80. The zero-order chi connectivity index (χ0) is 15.6. The molecule has 2 N–H and O–H groups in total. The van der Waals surface area contributed by atoms with E-state index in [1.54, 1.807) is 19.4 Å². The number of rotatable bonds is 4. The van der Waals surface area contributed by atoms with Crippen LogP contribution in [-0.4, -0.2) is 21.6 Å². The van der Waals surface area contributed by atoms with Crippen molar-refractivity contribution in [2.45, 2.75) is 32.7 Å². The third-order valence-electron chi connectivity index (χ3n) is 3.21. The number of imidazole rings is 1. The van der Waals surface area contributed by atoms with Crippen LogP contribution in [0.1, 0.15) is 26.6 Å². The minimum absolute atomic E-state index is 0.102. The molecule has 5 nitrogen and oxygen atoms in total. The van der Waals surface area contributed by atoms with Crippen molar-refractivity contribution in [2.75, 3.05) is 12.8 Å². The smallest absolute Gasteiger partial charge is 0.212 e. The van der Waals surface area contributed by atoms with Gasteiger partial charge in [0.1, 0.15) is 17.3 Å². The fraction of sp³-hybridized carbons (Fsp3) is 0.375. The summed E-state index contributed by atoms with van der Waals surface area (Å²) in [6.45, 7) is 10.8. The summed E-state index contributed by atoms with van der Waals surface area (Å²) in [5.74, 6) is 2.14. The van der Waals surface area contributed by atoms with Gasteiger partial charge in [-0.3, -0.25) is 0 Å². The van der Waals surface area contributed by atoms with Gasteiger partial charge in [0, 0.05) is 29.8 Å². The van der Waals surface area contributed by atoms with E-state index in [1.165, 1.54) is 0 Å². The Balaban J connectivity index is 2.55. The normalized spacial score (nSPS) is 11.4. The molecular weight excluding hydrogens is 264 g/mol. The number of ether oxygens (including phenoxy) is 1. The molecule has 0 saturated heterocycles. The summed E-state index contributed by atoms with van der Waals surface area (Å²) in [5, 5.41) is 0. The highest BCUT2D eigenvalue weighted by atomic mass is 16.5. The Kier molecular flexibility index (Phi) is 4.02. The summed E-state index contributed by atoms with van der Waals surface area (Å²) in [7, 11) is 1.59. The molecule has 0 fully saturated rings. The fourth-order valence-corrected chi connectivity index (χ4v) is 2.21. The number of pyridine rings is 1. The molecule has 2 aromatic rings. The van der Waals surface area contributed by atoms with Gasteiger partial charge in [0.15, 0.2) is 0 Å². The number of allylic oxidation sites excluding steroid dienone is 1. The number of anilines is 1. The van der Waals surface area contributed by atoms with Gasteiger partial charge in [0.2, 0.25) is 5.88 Å². The molecule has 0 bridgehead atoms. The van der Waals surface area contributed by atoms with Crippen LogP contribution in [0.15, 0.2) is 31.0 Å². The van der Waals surface area contributed by atoms with Crippen molar-refractivity contribution < 1.29 is 4.74 Å². The molecule has 2 rings (SSSR count). The fourth-order valence-electron chi connectivity index (χ4n) is 2.21. The van der Waals surface area contributed by atoms with Crippen LogP contribution >= 0.6 is 0 Å². The maximum Gasteiger partial charge on any atom is 0.212 e. The predicted octanol–water partition coefficient (Wildman–Crippen LogP) is 3.02. The Morgan fingerprint density at radius 3 is 2.57 bits per heavy atom. The standard InChI is InChI=1S/C16H22N4O/c1-6-9-20-14(17)13(19-15(20)16(2,3)4)11-7-8-12(21-5)18-10-11/h6-8,10H,1,9,17H2,2-5H3. The van der Waals surface area contributed by atoms with Crippen molar-refractivity contribution in [1.82, 2.24) is 14.5 Å². The molecule has 2 aromatic heterocycles. The van der Waals surface area contributed by atoms with Gasteiger partial charge in [0.05, 0.1) is 7.11 Å². The first kappa shape index (κ1) is 15.1. The molecule has 0 aromatic carbocycles. The molecule has 21 heavy (non-hydrogen) atoms. The van der Waals surface area contributed by atoms with Crippen molar-refractivity contribution in [2.24, 2.45) is 0 Å². The second kappa shape index (κ2) is 5.60. The monoisotopic (exact) mass is 286 g/mol. The van der Waals surface area contributed by atoms with Crippen LogP contribution in [0, 0.1) is 0 Å². The van der Waals surface area contributed by atoms with Crippen molar-refractivity contribution in [3.8, 4) is 17.1 Å². The summed E-state index contributed by atoms with van der Waals surface area (Å²) >= 11 is 0. The Morgan fingerprint density at radius 2 is 2.10 bits per heavy atom. The maximum atomic E-state index is 6.28. The van der Waals surface area contributed by atoms with Crippen molar-refractivity contribution in [1.29, 1.82) is 0 Å². The van der Waals surface area contributed by atoms with Crippen LogP contribution < -0.4 is 10.5 Å². The highest BCUT2D eigenvalue weighted by molar-refractivity contribution is 5.71. The Hall–Kier alpha value is -2.30. The van der Waals surface area contributed by atoms with Gasteiger partial charge < -0.3 is 15.0 Å². The third-order valence-corrected chi connectivity index (χ3v) is 3.21. The highest BCUT2D eigenvalue weighted by Gasteiger charge is 2.25. The molecule has 0 aliphatic heterocycles. The zero-order valence-corrected chi connectivity index (χ0v) is 13.1. The van der Waals surface area contributed by atoms with Crippen LogP contribution in [0.5, 0.6) is 5.88 Å². The molecule has 0 unspecified atom stereocenters. The lowest BCUT2D eigenvalue weighted by molar-refractivity contribution is 0.398. The average Bonchev–Trinajstić information content (AvgIpc) is 2.77. The maximum absolute atomic E-state index is 6.28. The van der Waals surface area contributed by atoms with E-state index in [-0.39, 0.29) is 5.41 Å². The Morgan fingerprint density at radius 1 is 1.38 bits per heavy atom. The second-order valence-corrected chi connectivity index (χ2v) is 5.91. The van der Waals surface area contributed by atoms with Crippen molar-refractivity contribution >= 4 is 5.82 Å². The quantitative estimate of drug-likeness (QED) is 0.877. The largest absolute Gasteiger partial charge is 0.481 e.